The number of rotatable bonds is 7. The number of primary amides is 1. The van der Waals surface area contributed by atoms with E-state index >= 15 is 0 Å². The molecule has 2 aromatic carbocycles. The van der Waals surface area contributed by atoms with Crippen LogP contribution in [0.1, 0.15) is 30.9 Å². The number of benzene rings is 2. The Morgan fingerprint density at radius 2 is 2.04 bits per heavy atom. The van der Waals surface area contributed by atoms with Crippen LogP contribution in [-0.2, 0) is 16.1 Å². The lowest BCUT2D eigenvalue weighted by Gasteiger charge is -2.23. The van der Waals surface area contributed by atoms with Crippen LogP contribution in [0.15, 0.2) is 48.5 Å². The predicted molar refractivity (Wildman–Crippen MR) is 109 cm³/mol. The smallest absolute Gasteiger partial charge is 0.265 e. The highest BCUT2D eigenvalue weighted by molar-refractivity contribution is 5.94. The second-order valence-electron chi connectivity index (χ2n) is 7.25. The van der Waals surface area contributed by atoms with Crippen LogP contribution >= 0.6 is 0 Å². The molecule has 1 heterocycles. The van der Waals surface area contributed by atoms with Gasteiger partial charge in [0.05, 0.1) is 6.04 Å². The second-order valence-corrected chi connectivity index (χ2v) is 7.25. The molecular weight excluding hydrogens is 354 g/mol. The summed E-state index contributed by atoms with van der Waals surface area (Å²) in [6.45, 7) is 5.09. The summed E-state index contributed by atoms with van der Waals surface area (Å²) in [6.07, 6.45) is 1.09. The molecule has 28 heavy (non-hydrogen) atoms. The number of nitrogens with two attached hydrogens (primary N) is 1. The van der Waals surface area contributed by atoms with E-state index in [4.69, 9.17) is 10.5 Å². The highest BCUT2D eigenvalue weighted by Crippen LogP contribution is 2.24. The van der Waals surface area contributed by atoms with Crippen LogP contribution in [0.4, 0.5) is 5.69 Å². The van der Waals surface area contributed by atoms with Crippen molar-refractivity contribution in [2.24, 2.45) is 5.73 Å². The zero-order chi connectivity index (χ0) is 20.1. The van der Waals surface area contributed by atoms with Crippen molar-refractivity contribution in [1.82, 2.24) is 4.90 Å². The Bertz CT molecular complexity index is 852. The van der Waals surface area contributed by atoms with Gasteiger partial charge in [0.15, 0.2) is 6.10 Å². The molecule has 0 saturated carbocycles. The first-order valence-electron chi connectivity index (χ1n) is 9.59. The van der Waals surface area contributed by atoms with Crippen LogP contribution in [0.2, 0.25) is 0 Å². The van der Waals surface area contributed by atoms with Gasteiger partial charge >= 0.3 is 0 Å². The highest BCUT2D eigenvalue weighted by atomic mass is 16.5. The van der Waals surface area contributed by atoms with E-state index in [9.17, 15) is 9.59 Å². The van der Waals surface area contributed by atoms with Crippen molar-refractivity contribution in [3.63, 3.8) is 0 Å². The number of hydrogen-bond donors (Lipinski definition) is 2. The fraction of sp³-hybridized carbons (Fsp3) is 0.364. The minimum Gasteiger partial charge on any atom is -0.481 e. The molecule has 1 aliphatic rings. The van der Waals surface area contributed by atoms with Crippen LogP contribution in [0.3, 0.4) is 0 Å². The molecule has 0 aromatic heterocycles. The molecule has 6 heteroatoms. The molecule has 2 atom stereocenters. The zero-order valence-corrected chi connectivity index (χ0v) is 16.4. The first-order valence-corrected chi connectivity index (χ1v) is 9.59. The van der Waals surface area contributed by atoms with Gasteiger partial charge in [-0.15, -0.1) is 0 Å². The molecule has 3 N–H and O–H groups in total. The molecule has 2 unspecified atom stereocenters. The lowest BCUT2D eigenvalue weighted by atomic mass is 10.1. The number of anilines is 1. The Morgan fingerprint density at radius 3 is 2.79 bits per heavy atom. The van der Waals surface area contributed by atoms with E-state index < -0.39 is 6.10 Å². The van der Waals surface area contributed by atoms with Crippen LogP contribution < -0.4 is 15.8 Å². The molecule has 1 fully saturated rings. The quantitative estimate of drug-likeness (QED) is 0.772. The summed E-state index contributed by atoms with van der Waals surface area (Å²) >= 11 is 0. The van der Waals surface area contributed by atoms with E-state index in [2.05, 4.69) is 10.2 Å². The molecule has 6 nitrogen and oxygen atoms in total. The van der Waals surface area contributed by atoms with E-state index in [-0.39, 0.29) is 17.9 Å². The summed E-state index contributed by atoms with van der Waals surface area (Å²) in [5.74, 6) is 0.151. The minimum absolute atomic E-state index is 0.221. The minimum atomic E-state index is -0.639. The molecule has 2 aromatic rings. The first-order chi connectivity index (χ1) is 13.4. The Hall–Kier alpha value is -2.86. The molecule has 148 valence electrons. The van der Waals surface area contributed by atoms with Gasteiger partial charge in [-0.2, -0.15) is 0 Å². The van der Waals surface area contributed by atoms with Gasteiger partial charge in [-0.1, -0.05) is 30.3 Å². The summed E-state index contributed by atoms with van der Waals surface area (Å²) < 4.78 is 5.77. The average Bonchev–Trinajstić information content (AvgIpc) is 3.12. The van der Waals surface area contributed by atoms with Gasteiger partial charge in [-0.05, 0) is 62.6 Å². The molecule has 1 saturated heterocycles. The molecule has 0 spiro atoms. The number of nitrogens with one attached hydrogen (secondary N) is 1. The Morgan fingerprint density at radius 1 is 1.25 bits per heavy atom. The summed E-state index contributed by atoms with van der Waals surface area (Å²) in [5.41, 5.74) is 8.27. The van der Waals surface area contributed by atoms with Gasteiger partial charge in [-0.3, -0.25) is 14.5 Å². The van der Waals surface area contributed by atoms with Crippen molar-refractivity contribution in [2.45, 2.75) is 45.4 Å². The number of hydrogen-bond acceptors (Lipinski definition) is 4. The predicted octanol–water partition coefficient (Wildman–Crippen LogP) is 2.85. The summed E-state index contributed by atoms with van der Waals surface area (Å²) in [6, 6.07) is 15.0. The number of carbonyl (C=O) groups excluding carboxylic acids is 2. The third kappa shape index (κ3) is 4.89. The first kappa shape index (κ1) is 19.9. The van der Waals surface area contributed by atoms with E-state index in [1.165, 1.54) is 0 Å². The molecule has 0 aliphatic carbocycles. The monoisotopic (exact) mass is 381 g/mol. The molecule has 3 rings (SSSR count). The number of ether oxygens (including phenoxy) is 1. The van der Waals surface area contributed by atoms with E-state index in [1.807, 2.05) is 55.5 Å². The molecule has 1 aliphatic heterocycles. The third-order valence-corrected chi connectivity index (χ3v) is 5.01. The summed E-state index contributed by atoms with van der Waals surface area (Å²) in [5, 5.41) is 2.96. The second kappa shape index (κ2) is 8.89. The number of para-hydroxylation sites is 1. The van der Waals surface area contributed by atoms with E-state index in [1.54, 1.807) is 6.92 Å². The maximum absolute atomic E-state index is 12.6. The van der Waals surface area contributed by atoms with E-state index in [0.717, 1.165) is 36.2 Å². The van der Waals surface area contributed by atoms with Crippen LogP contribution in [0.25, 0.3) is 0 Å². The number of nitrogens with zero attached hydrogens (tertiary/aromatic N) is 1. The Balaban J connectivity index is 1.67. The van der Waals surface area contributed by atoms with Gasteiger partial charge in [0.25, 0.3) is 5.91 Å². The van der Waals surface area contributed by atoms with Gasteiger partial charge < -0.3 is 15.8 Å². The number of carbonyl (C=O) groups is 2. The summed E-state index contributed by atoms with van der Waals surface area (Å²) in [7, 11) is 0. The van der Waals surface area contributed by atoms with Crippen molar-refractivity contribution in [3.8, 4) is 5.75 Å². The maximum Gasteiger partial charge on any atom is 0.265 e. The number of aryl methyl sites for hydroxylation is 1. The van der Waals surface area contributed by atoms with Gasteiger partial charge in [-0.25, -0.2) is 0 Å². The fourth-order valence-electron chi connectivity index (χ4n) is 3.52. The maximum atomic E-state index is 12.6. The van der Waals surface area contributed by atoms with Gasteiger partial charge in [0.1, 0.15) is 5.75 Å². The van der Waals surface area contributed by atoms with Gasteiger partial charge in [0, 0.05) is 12.2 Å². The van der Waals surface area contributed by atoms with Crippen molar-refractivity contribution in [2.75, 3.05) is 11.9 Å². The van der Waals surface area contributed by atoms with Crippen LogP contribution in [0, 0.1) is 6.92 Å². The normalized spacial score (nSPS) is 17.9. The standard InChI is InChI=1S/C22H27N3O3/c1-15-7-5-9-18(13-15)28-16(2)22(27)24-19-10-4-3-8-17(19)14-25-12-6-11-20(25)21(23)26/h3-5,7-10,13,16,20H,6,11-12,14H2,1-2H3,(H2,23,26)(H,24,27). The Kier molecular flexibility index (Phi) is 6.31. The molecular formula is C22H27N3O3. The summed E-state index contributed by atoms with van der Waals surface area (Å²) in [4.78, 5) is 26.4. The SMILES string of the molecule is Cc1cccc(OC(C)C(=O)Nc2ccccc2CN2CCCC2C(N)=O)c1. The topological polar surface area (TPSA) is 84.7 Å². The Labute approximate surface area is 165 Å². The van der Waals surface area contributed by atoms with Crippen molar-refractivity contribution < 1.29 is 14.3 Å². The van der Waals surface area contributed by atoms with Crippen molar-refractivity contribution in [1.29, 1.82) is 0 Å². The number of amides is 2. The molecule has 0 radical (unpaired) electrons. The fourth-order valence-corrected chi connectivity index (χ4v) is 3.52. The zero-order valence-electron chi connectivity index (χ0n) is 16.4. The third-order valence-electron chi connectivity index (χ3n) is 5.01. The van der Waals surface area contributed by atoms with Gasteiger partial charge in [0.2, 0.25) is 5.91 Å². The van der Waals surface area contributed by atoms with E-state index in [0.29, 0.717) is 12.3 Å². The van der Waals surface area contributed by atoms with Crippen LogP contribution in [0.5, 0.6) is 5.75 Å². The van der Waals surface area contributed by atoms with Crippen molar-refractivity contribution >= 4 is 17.5 Å². The highest BCUT2D eigenvalue weighted by Gasteiger charge is 2.29. The average molecular weight is 381 g/mol. The number of likely N-dealkylation sites (tertiary alicyclic amines) is 1. The molecule has 2 amide bonds. The molecule has 0 bridgehead atoms. The lowest BCUT2D eigenvalue weighted by Crippen LogP contribution is -2.40. The lowest BCUT2D eigenvalue weighted by molar-refractivity contribution is -0.123. The van der Waals surface area contributed by atoms with Crippen molar-refractivity contribution in [3.05, 3.63) is 59.7 Å². The van der Waals surface area contributed by atoms with Crippen LogP contribution in [-0.4, -0.2) is 35.4 Å². The largest absolute Gasteiger partial charge is 0.481 e.